The summed E-state index contributed by atoms with van der Waals surface area (Å²) in [5.41, 5.74) is 0. The molecule has 2 aliphatic heterocycles. The smallest absolute Gasteiger partial charge is 0.221 e. The molecule has 0 aromatic carbocycles. The predicted octanol–water partition coefficient (Wildman–Crippen LogP) is -0.696. The Bertz CT molecular complexity index is 417. The van der Waals surface area contributed by atoms with Crippen LogP contribution in [0.15, 0.2) is 0 Å². The van der Waals surface area contributed by atoms with Gasteiger partial charge in [0.15, 0.2) is 9.84 Å². The molecule has 2 N–H and O–H groups in total. The summed E-state index contributed by atoms with van der Waals surface area (Å²) < 4.78 is 28.3. The lowest BCUT2D eigenvalue weighted by Crippen LogP contribution is -2.48. The minimum atomic E-state index is -2.98. The first-order valence-corrected chi connectivity index (χ1v) is 8.59. The quantitative estimate of drug-likeness (QED) is 0.715. The number of ether oxygens (including phenoxy) is 1. The summed E-state index contributed by atoms with van der Waals surface area (Å²) in [7, 11) is -2.98. The lowest BCUT2D eigenvalue weighted by atomic mass is 10.0. The summed E-state index contributed by atoms with van der Waals surface area (Å²) in [4.78, 5) is 11.9. The highest BCUT2D eigenvalue weighted by molar-refractivity contribution is 7.91. The molecule has 0 aromatic rings. The zero-order chi connectivity index (χ0) is 13.9. The number of carbonyl (C=O) groups excluding carboxylic acids is 1. The highest BCUT2D eigenvalue weighted by Crippen LogP contribution is 2.16. The third-order valence-electron chi connectivity index (χ3n) is 3.79. The number of hydrogen-bond donors (Lipinski definition) is 2. The van der Waals surface area contributed by atoms with Crippen molar-refractivity contribution in [2.75, 3.05) is 31.3 Å². The van der Waals surface area contributed by atoms with E-state index in [9.17, 15) is 13.2 Å². The number of amides is 1. The Morgan fingerprint density at radius 1 is 1.53 bits per heavy atom. The first kappa shape index (κ1) is 14.7. The average molecular weight is 290 g/mol. The van der Waals surface area contributed by atoms with Gasteiger partial charge in [0.1, 0.15) is 0 Å². The van der Waals surface area contributed by atoms with Gasteiger partial charge in [-0.3, -0.25) is 4.79 Å². The van der Waals surface area contributed by atoms with Crippen LogP contribution in [0.25, 0.3) is 0 Å². The molecule has 2 fully saturated rings. The first-order chi connectivity index (χ1) is 8.96. The van der Waals surface area contributed by atoms with Crippen molar-refractivity contribution in [3.05, 3.63) is 0 Å². The van der Waals surface area contributed by atoms with Crippen molar-refractivity contribution in [3.63, 3.8) is 0 Å². The zero-order valence-corrected chi connectivity index (χ0v) is 12.0. The molecule has 0 aliphatic carbocycles. The van der Waals surface area contributed by atoms with Crippen molar-refractivity contribution in [2.45, 2.75) is 31.8 Å². The number of sulfone groups is 1. The van der Waals surface area contributed by atoms with E-state index in [1.807, 2.05) is 6.92 Å². The molecular weight excluding hydrogens is 268 g/mol. The Morgan fingerprint density at radius 3 is 2.95 bits per heavy atom. The van der Waals surface area contributed by atoms with E-state index in [0.29, 0.717) is 19.1 Å². The van der Waals surface area contributed by atoms with Crippen LogP contribution in [0.1, 0.15) is 19.8 Å². The minimum Gasteiger partial charge on any atom is -0.381 e. The Labute approximate surface area is 114 Å². The Balaban J connectivity index is 1.77. The number of carbonyl (C=O) groups is 1. The van der Waals surface area contributed by atoms with Gasteiger partial charge in [-0.2, -0.15) is 0 Å². The van der Waals surface area contributed by atoms with Gasteiger partial charge >= 0.3 is 0 Å². The maximum absolute atomic E-state index is 11.9. The Hall–Kier alpha value is -0.660. The maximum atomic E-state index is 11.9. The molecule has 2 rings (SSSR count). The number of nitrogens with one attached hydrogen (secondary N) is 2. The molecule has 2 saturated heterocycles. The monoisotopic (exact) mass is 290 g/mol. The van der Waals surface area contributed by atoms with Crippen LogP contribution in [0.4, 0.5) is 0 Å². The molecule has 0 spiro atoms. The fraction of sp³-hybridized carbons (Fsp3) is 0.917. The molecule has 19 heavy (non-hydrogen) atoms. The van der Waals surface area contributed by atoms with E-state index in [4.69, 9.17) is 4.74 Å². The third-order valence-corrected chi connectivity index (χ3v) is 5.53. The van der Waals surface area contributed by atoms with Gasteiger partial charge in [0.25, 0.3) is 0 Å². The highest BCUT2D eigenvalue weighted by Gasteiger charge is 2.28. The van der Waals surface area contributed by atoms with Crippen molar-refractivity contribution >= 4 is 15.7 Å². The van der Waals surface area contributed by atoms with Gasteiger partial charge in [0.2, 0.25) is 5.91 Å². The van der Waals surface area contributed by atoms with Crippen molar-refractivity contribution < 1.29 is 17.9 Å². The van der Waals surface area contributed by atoms with Crippen LogP contribution in [-0.4, -0.2) is 57.7 Å². The second kappa shape index (κ2) is 6.19. The van der Waals surface area contributed by atoms with Gasteiger partial charge in [-0.25, -0.2) is 8.42 Å². The molecule has 7 heteroatoms. The van der Waals surface area contributed by atoms with E-state index in [1.54, 1.807) is 0 Å². The Morgan fingerprint density at radius 2 is 2.32 bits per heavy atom. The molecule has 2 heterocycles. The SMILES string of the molecule is CC(NC(=O)CC1CS(=O)(=O)CCN1)C1CCOC1. The van der Waals surface area contributed by atoms with E-state index in [1.165, 1.54) is 0 Å². The second-order valence-corrected chi connectivity index (χ2v) is 7.68. The van der Waals surface area contributed by atoms with Crippen LogP contribution < -0.4 is 10.6 Å². The molecule has 3 atom stereocenters. The standard InChI is InChI=1S/C12H22N2O4S/c1-9(10-2-4-18-7-10)14-12(15)6-11-8-19(16,17)5-3-13-11/h9-11,13H,2-8H2,1H3,(H,14,15). The lowest BCUT2D eigenvalue weighted by molar-refractivity contribution is -0.122. The van der Waals surface area contributed by atoms with Crippen LogP contribution in [0.2, 0.25) is 0 Å². The van der Waals surface area contributed by atoms with Gasteiger partial charge in [0.05, 0.1) is 18.1 Å². The summed E-state index contributed by atoms with van der Waals surface area (Å²) in [6.45, 7) is 3.86. The summed E-state index contributed by atoms with van der Waals surface area (Å²) in [5.74, 6) is 0.503. The lowest BCUT2D eigenvalue weighted by Gasteiger charge is -2.25. The second-order valence-electron chi connectivity index (χ2n) is 5.45. The maximum Gasteiger partial charge on any atom is 0.221 e. The molecule has 1 amide bonds. The summed E-state index contributed by atoms with van der Waals surface area (Å²) in [5, 5.41) is 6.03. The summed E-state index contributed by atoms with van der Waals surface area (Å²) in [6, 6.07) is -0.180. The van der Waals surface area contributed by atoms with Gasteiger partial charge in [-0.1, -0.05) is 0 Å². The Kier molecular flexibility index (Phi) is 4.81. The molecular formula is C12H22N2O4S. The van der Waals surface area contributed by atoms with E-state index < -0.39 is 9.84 Å². The van der Waals surface area contributed by atoms with E-state index in [0.717, 1.165) is 13.0 Å². The van der Waals surface area contributed by atoms with Crippen molar-refractivity contribution in [2.24, 2.45) is 5.92 Å². The largest absolute Gasteiger partial charge is 0.381 e. The van der Waals surface area contributed by atoms with Gasteiger partial charge in [0, 0.05) is 37.6 Å². The van der Waals surface area contributed by atoms with Crippen molar-refractivity contribution in [1.82, 2.24) is 10.6 Å². The number of hydrogen-bond acceptors (Lipinski definition) is 5. The summed E-state index contributed by atoms with van der Waals surface area (Å²) in [6.07, 6.45) is 1.19. The van der Waals surface area contributed by atoms with Gasteiger partial charge in [-0.05, 0) is 13.3 Å². The van der Waals surface area contributed by atoms with E-state index in [-0.39, 0.29) is 35.9 Å². The normalized spacial score (nSPS) is 31.8. The minimum absolute atomic E-state index is 0.0569. The van der Waals surface area contributed by atoms with Crippen LogP contribution in [0.5, 0.6) is 0 Å². The summed E-state index contributed by atoms with van der Waals surface area (Å²) >= 11 is 0. The van der Waals surface area contributed by atoms with Crippen molar-refractivity contribution in [1.29, 1.82) is 0 Å². The molecule has 3 unspecified atom stereocenters. The van der Waals surface area contributed by atoms with E-state index >= 15 is 0 Å². The van der Waals surface area contributed by atoms with Gasteiger partial charge in [-0.15, -0.1) is 0 Å². The topological polar surface area (TPSA) is 84.5 Å². The molecule has 0 saturated carbocycles. The molecule has 0 bridgehead atoms. The molecule has 0 radical (unpaired) electrons. The van der Waals surface area contributed by atoms with Gasteiger partial charge < -0.3 is 15.4 Å². The highest BCUT2D eigenvalue weighted by atomic mass is 32.2. The van der Waals surface area contributed by atoms with E-state index in [2.05, 4.69) is 10.6 Å². The predicted molar refractivity (Wildman–Crippen MR) is 71.6 cm³/mol. The zero-order valence-electron chi connectivity index (χ0n) is 11.2. The van der Waals surface area contributed by atoms with Crippen LogP contribution in [0.3, 0.4) is 0 Å². The third kappa shape index (κ3) is 4.43. The van der Waals surface area contributed by atoms with Crippen molar-refractivity contribution in [3.8, 4) is 0 Å². The fourth-order valence-electron chi connectivity index (χ4n) is 2.60. The molecule has 110 valence electrons. The molecule has 0 aromatic heterocycles. The fourth-order valence-corrected chi connectivity index (χ4v) is 4.04. The molecule has 6 nitrogen and oxygen atoms in total. The van der Waals surface area contributed by atoms with Crippen LogP contribution in [-0.2, 0) is 19.4 Å². The number of rotatable bonds is 4. The van der Waals surface area contributed by atoms with Crippen LogP contribution >= 0.6 is 0 Å². The average Bonchev–Trinajstić information content (AvgIpc) is 2.80. The molecule has 2 aliphatic rings. The van der Waals surface area contributed by atoms with Crippen LogP contribution in [0, 0.1) is 5.92 Å². The first-order valence-electron chi connectivity index (χ1n) is 6.77.